The van der Waals surface area contributed by atoms with Gasteiger partial charge in [0.1, 0.15) is 0 Å². The van der Waals surface area contributed by atoms with Gasteiger partial charge in [-0.3, -0.25) is 4.79 Å². The second-order valence-corrected chi connectivity index (χ2v) is 4.97. The number of benzene rings is 1. The summed E-state index contributed by atoms with van der Waals surface area (Å²) in [5, 5.41) is 3.52. The monoisotopic (exact) mass is 252 g/mol. The van der Waals surface area contributed by atoms with Gasteiger partial charge in [-0.1, -0.05) is 23.7 Å². The first-order chi connectivity index (χ1) is 8.16. The second kappa shape index (κ2) is 5.52. The van der Waals surface area contributed by atoms with Gasteiger partial charge >= 0.3 is 0 Å². The topological polar surface area (TPSA) is 55.1 Å². The molecule has 0 radical (unpaired) electrons. The van der Waals surface area contributed by atoms with E-state index < -0.39 is 0 Å². The molecule has 3 N–H and O–H groups in total. The summed E-state index contributed by atoms with van der Waals surface area (Å²) in [6.07, 6.45) is 3.87. The zero-order valence-electron chi connectivity index (χ0n) is 9.66. The number of amides is 1. The first-order valence-corrected chi connectivity index (χ1v) is 6.35. The standard InChI is InChI=1S/C13H17ClN2O/c14-12-4-2-1-3-11(12)13(17)16-10-7-5-9(15)6-8-10/h1-4,9-10H,5-8,15H2,(H,16,17). The van der Waals surface area contributed by atoms with Crippen LogP contribution in [0.15, 0.2) is 24.3 Å². The normalized spacial score (nSPS) is 24.4. The Morgan fingerprint density at radius 1 is 1.24 bits per heavy atom. The van der Waals surface area contributed by atoms with E-state index in [-0.39, 0.29) is 11.9 Å². The van der Waals surface area contributed by atoms with E-state index >= 15 is 0 Å². The van der Waals surface area contributed by atoms with Gasteiger partial charge < -0.3 is 11.1 Å². The molecule has 3 nitrogen and oxygen atoms in total. The first kappa shape index (κ1) is 12.4. The lowest BCUT2D eigenvalue weighted by atomic mass is 9.91. The molecule has 0 aromatic heterocycles. The van der Waals surface area contributed by atoms with Crippen LogP contribution >= 0.6 is 11.6 Å². The molecule has 1 aliphatic carbocycles. The van der Waals surface area contributed by atoms with Crippen LogP contribution in [0, 0.1) is 0 Å². The molecule has 1 aliphatic rings. The van der Waals surface area contributed by atoms with E-state index in [0.29, 0.717) is 16.6 Å². The van der Waals surface area contributed by atoms with Crippen LogP contribution < -0.4 is 11.1 Å². The van der Waals surface area contributed by atoms with Gasteiger partial charge in [0.2, 0.25) is 0 Å². The fourth-order valence-corrected chi connectivity index (χ4v) is 2.39. The molecule has 1 aromatic carbocycles. The number of nitrogens with one attached hydrogen (secondary N) is 1. The molecule has 0 aliphatic heterocycles. The van der Waals surface area contributed by atoms with E-state index in [4.69, 9.17) is 17.3 Å². The molecule has 1 amide bonds. The van der Waals surface area contributed by atoms with Gasteiger partial charge in [-0.15, -0.1) is 0 Å². The third kappa shape index (κ3) is 3.20. The van der Waals surface area contributed by atoms with Crippen molar-refractivity contribution in [3.63, 3.8) is 0 Å². The summed E-state index contributed by atoms with van der Waals surface area (Å²) in [5.41, 5.74) is 6.37. The summed E-state index contributed by atoms with van der Waals surface area (Å²) in [5.74, 6) is -0.0870. The molecule has 0 spiro atoms. The maximum absolute atomic E-state index is 12.0. The van der Waals surface area contributed by atoms with Crippen molar-refractivity contribution in [1.29, 1.82) is 0 Å². The average molecular weight is 253 g/mol. The Bertz CT molecular complexity index is 400. The molecule has 0 saturated heterocycles. The SMILES string of the molecule is NC1CCC(NC(=O)c2ccccc2Cl)CC1. The number of hydrogen-bond donors (Lipinski definition) is 2. The summed E-state index contributed by atoms with van der Waals surface area (Å²) >= 11 is 5.98. The lowest BCUT2D eigenvalue weighted by Gasteiger charge is -2.26. The fourth-order valence-electron chi connectivity index (χ4n) is 2.17. The third-order valence-corrected chi connectivity index (χ3v) is 3.56. The van der Waals surface area contributed by atoms with Gasteiger partial charge in [0.15, 0.2) is 0 Å². The quantitative estimate of drug-likeness (QED) is 0.849. The van der Waals surface area contributed by atoms with Gasteiger partial charge in [0, 0.05) is 12.1 Å². The predicted octanol–water partition coefficient (Wildman–Crippen LogP) is 2.34. The predicted molar refractivity (Wildman–Crippen MR) is 69.1 cm³/mol. The van der Waals surface area contributed by atoms with E-state index in [1.807, 2.05) is 12.1 Å². The average Bonchev–Trinajstić information content (AvgIpc) is 2.32. The van der Waals surface area contributed by atoms with Crippen LogP contribution in [0.2, 0.25) is 5.02 Å². The lowest BCUT2D eigenvalue weighted by Crippen LogP contribution is -2.40. The molecule has 0 bridgehead atoms. The molecule has 92 valence electrons. The van der Waals surface area contributed by atoms with Crippen LogP contribution in [0.4, 0.5) is 0 Å². The van der Waals surface area contributed by atoms with Crippen molar-refractivity contribution in [2.45, 2.75) is 37.8 Å². The van der Waals surface area contributed by atoms with Gasteiger partial charge in [-0.2, -0.15) is 0 Å². The van der Waals surface area contributed by atoms with Crippen LogP contribution in [0.25, 0.3) is 0 Å². The number of halogens is 1. The fraction of sp³-hybridized carbons (Fsp3) is 0.462. The van der Waals surface area contributed by atoms with Gasteiger partial charge in [-0.25, -0.2) is 0 Å². The highest BCUT2D eigenvalue weighted by atomic mass is 35.5. The Hall–Kier alpha value is -1.06. The van der Waals surface area contributed by atoms with Crippen molar-refractivity contribution in [2.24, 2.45) is 5.73 Å². The van der Waals surface area contributed by atoms with Gasteiger partial charge in [0.25, 0.3) is 5.91 Å². The van der Waals surface area contributed by atoms with Crippen LogP contribution in [-0.2, 0) is 0 Å². The van der Waals surface area contributed by atoms with E-state index in [9.17, 15) is 4.79 Å². The van der Waals surface area contributed by atoms with Crippen LogP contribution in [-0.4, -0.2) is 18.0 Å². The van der Waals surface area contributed by atoms with Gasteiger partial charge in [0.05, 0.1) is 10.6 Å². The van der Waals surface area contributed by atoms with Crippen LogP contribution in [0.1, 0.15) is 36.0 Å². The van der Waals surface area contributed by atoms with Crippen LogP contribution in [0.5, 0.6) is 0 Å². The maximum Gasteiger partial charge on any atom is 0.253 e. The highest BCUT2D eigenvalue weighted by Crippen LogP contribution is 2.19. The summed E-state index contributed by atoms with van der Waals surface area (Å²) in [6, 6.07) is 7.64. The summed E-state index contributed by atoms with van der Waals surface area (Å²) < 4.78 is 0. The molecule has 17 heavy (non-hydrogen) atoms. The smallest absolute Gasteiger partial charge is 0.253 e. The maximum atomic E-state index is 12.0. The number of carbonyl (C=O) groups is 1. The molecule has 4 heteroatoms. The molecule has 0 unspecified atom stereocenters. The third-order valence-electron chi connectivity index (χ3n) is 3.23. The van der Waals surface area contributed by atoms with Crippen molar-refractivity contribution < 1.29 is 4.79 Å². The largest absolute Gasteiger partial charge is 0.349 e. The summed E-state index contributed by atoms with van der Waals surface area (Å²) in [4.78, 5) is 12.0. The Kier molecular flexibility index (Phi) is 4.02. The summed E-state index contributed by atoms with van der Waals surface area (Å²) in [6.45, 7) is 0. The molecule has 1 saturated carbocycles. The van der Waals surface area contributed by atoms with Crippen LogP contribution in [0.3, 0.4) is 0 Å². The molecule has 2 rings (SSSR count). The Labute approximate surface area is 106 Å². The minimum absolute atomic E-state index is 0.0870. The van der Waals surface area contributed by atoms with E-state index in [2.05, 4.69) is 5.32 Å². The molecule has 0 heterocycles. The molecule has 1 fully saturated rings. The molecular weight excluding hydrogens is 236 g/mol. The minimum atomic E-state index is -0.0870. The first-order valence-electron chi connectivity index (χ1n) is 5.98. The van der Waals surface area contributed by atoms with Crippen molar-refractivity contribution >= 4 is 17.5 Å². The van der Waals surface area contributed by atoms with E-state index in [1.54, 1.807) is 12.1 Å². The molecule has 0 atom stereocenters. The molecule has 1 aromatic rings. The lowest BCUT2D eigenvalue weighted by molar-refractivity contribution is 0.0926. The van der Waals surface area contributed by atoms with Crippen molar-refractivity contribution in [1.82, 2.24) is 5.32 Å². The van der Waals surface area contributed by atoms with Crippen molar-refractivity contribution in [3.05, 3.63) is 34.9 Å². The highest BCUT2D eigenvalue weighted by molar-refractivity contribution is 6.33. The highest BCUT2D eigenvalue weighted by Gasteiger charge is 2.21. The van der Waals surface area contributed by atoms with Crippen molar-refractivity contribution in [2.75, 3.05) is 0 Å². The zero-order chi connectivity index (χ0) is 12.3. The Balaban J connectivity index is 1.96. The number of rotatable bonds is 2. The van der Waals surface area contributed by atoms with Gasteiger partial charge in [-0.05, 0) is 37.8 Å². The summed E-state index contributed by atoms with van der Waals surface area (Å²) in [7, 11) is 0. The minimum Gasteiger partial charge on any atom is -0.349 e. The number of hydrogen-bond acceptors (Lipinski definition) is 2. The van der Waals surface area contributed by atoms with Crippen molar-refractivity contribution in [3.8, 4) is 0 Å². The number of carbonyl (C=O) groups excluding carboxylic acids is 1. The van der Waals surface area contributed by atoms with E-state index in [0.717, 1.165) is 25.7 Å². The Morgan fingerprint density at radius 3 is 2.53 bits per heavy atom. The number of nitrogens with two attached hydrogens (primary N) is 1. The zero-order valence-corrected chi connectivity index (χ0v) is 10.4. The molecular formula is C13H17ClN2O. The van der Waals surface area contributed by atoms with E-state index in [1.165, 1.54) is 0 Å². The second-order valence-electron chi connectivity index (χ2n) is 4.57. The Morgan fingerprint density at radius 2 is 1.88 bits per heavy atom.